The van der Waals surface area contributed by atoms with Gasteiger partial charge in [0.05, 0.1) is 11.8 Å². The number of rotatable bonds is 6. The summed E-state index contributed by atoms with van der Waals surface area (Å²) in [6, 6.07) is 0. The summed E-state index contributed by atoms with van der Waals surface area (Å²) in [6.07, 6.45) is 5.94. The molecule has 1 heterocycles. The Morgan fingerprint density at radius 2 is 1.80 bits per heavy atom. The van der Waals surface area contributed by atoms with E-state index in [9.17, 15) is 14.4 Å². The van der Waals surface area contributed by atoms with Gasteiger partial charge in [0.15, 0.2) is 0 Å². The summed E-state index contributed by atoms with van der Waals surface area (Å²) in [5.74, 6) is -0.408. The predicted octanol–water partition coefficient (Wildman–Crippen LogP) is 1.47. The van der Waals surface area contributed by atoms with Gasteiger partial charge in [0.1, 0.15) is 0 Å². The zero-order chi connectivity index (χ0) is 14.5. The second-order valence-electron chi connectivity index (χ2n) is 5.78. The molecule has 112 valence electrons. The first-order valence-electron chi connectivity index (χ1n) is 7.77. The fourth-order valence-corrected chi connectivity index (χ4v) is 3.16. The van der Waals surface area contributed by atoms with Crippen molar-refractivity contribution in [3.8, 4) is 0 Å². The summed E-state index contributed by atoms with van der Waals surface area (Å²) in [7, 11) is 0. The molecule has 3 amide bonds. The van der Waals surface area contributed by atoms with Crippen LogP contribution in [0.2, 0.25) is 0 Å². The zero-order valence-corrected chi connectivity index (χ0v) is 12.2. The number of nitrogens with one attached hydrogen (secondary N) is 1. The molecule has 0 bridgehead atoms. The number of imide groups is 1. The van der Waals surface area contributed by atoms with Crippen LogP contribution < -0.4 is 5.32 Å². The van der Waals surface area contributed by atoms with E-state index in [1.165, 1.54) is 4.90 Å². The largest absolute Gasteiger partial charge is 0.356 e. The van der Waals surface area contributed by atoms with E-state index in [2.05, 4.69) is 12.2 Å². The third kappa shape index (κ3) is 3.19. The zero-order valence-electron chi connectivity index (χ0n) is 12.2. The van der Waals surface area contributed by atoms with E-state index < -0.39 is 0 Å². The lowest BCUT2D eigenvalue weighted by atomic mass is 9.81. The van der Waals surface area contributed by atoms with Crippen molar-refractivity contribution in [3.05, 3.63) is 0 Å². The van der Waals surface area contributed by atoms with Crippen molar-refractivity contribution in [2.75, 3.05) is 13.1 Å². The summed E-state index contributed by atoms with van der Waals surface area (Å²) < 4.78 is 0. The first-order chi connectivity index (χ1) is 9.65. The van der Waals surface area contributed by atoms with Gasteiger partial charge in [-0.3, -0.25) is 19.3 Å². The van der Waals surface area contributed by atoms with Crippen molar-refractivity contribution in [1.29, 1.82) is 0 Å². The minimum atomic E-state index is -0.112. The quantitative estimate of drug-likeness (QED) is 0.592. The van der Waals surface area contributed by atoms with Crippen LogP contribution in [0.3, 0.4) is 0 Å². The number of amides is 3. The highest BCUT2D eigenvalue weighted by atomic mass is 16.2. The maximum absolute atomic E-state index is 12.2. The van der Waals surface area contributed by atoms with Gasteiger partial charge in [0.2, 0.25) is 17.7 Å². The first kappa shape index (κ1) is 15.0. The molecule has 1 N–H and O–H groups in total. The third-order valence-electron chi connectivity index (χ3n) is 4.35. The normalized spacial score (nSPS) is 25.8. The van der Waals surface area contributed by atoms with Gasteiger partial charge in [-0.15, -0.1) is 0 Å². The van der Waals surface area contributed by atoms with Crippen molar-refractivity contribution in [2.45, 2.75) is 51.9 Å². The first-order valence-corrected chi connectivity index (χ1v) is 7.77. The Kier molecular flexibility index (Phi) is 5.15. The summed E-state index contributed by atoms with van der Waals surface area (Å²) in [4.78, 5) is 37.4. The summed E-state index contributed by atoms with van der Waals surface area (Å²) in [6.45, 7) is 2.97. The molecule has 5 heteroatoms. The number of unbranched alkanes of at least 4 members (excludes halogenated alkanes) is 1. The number of nitrogens with zero attached hydrogens (tertiary/aromatic N) is 1. The molecule has 0 aromatic carbocycles. The minimum absolute atomic E-state index is 0.0546. The Hall–Kier alpha value is -1.39. The van der Waals surface area contributed by atoms with Gasteiger partial charge in [-0.2, -0.15) is 0 Å². The maximum atomic E-state index is 12.2. The van der Waals surface area contributed by atoms with Gasteiger partial charge >= 0.3 is 0 Å². The van der Waals surface area contributed by atoms with Crippen LogP contribution in [0.25, 0.3) is 0 Å². The molecule has 1 aliphatic heterocycles. The van der Waals surface area contributed by atoms with Gasteiger partial charge in [0.25, 0.3) is 0 Å². The lowest BCUT2D eigenvalue weighted by Gasteiger charge is -2.19. The highest BCUT2D eigenvalue weighted by molar-refractivity contribution is 6.05. The Morgan fingerprint density at radius 3 is 2.35 bits per heavy atom. The average Bonchev–Trinajstić information content (AvgIpc) is 2.70. The molecule has 0 aromatic heterocycles. The van der Waals surface area contributed by atoms with Crippen LogP contribution in [0.4, 0.5) is 0 Å². The second-order valence-corrected chi connectivity index (χ2v) is 5.78. The molecule has 1 saturated carbocycles. The van der Waals surface area contributed by atoms with Gasteiger partial charge in [0, 0.05) is 19.5 Å². The molecule has 2 fully saturated rings. The number of hydrogen-bond donors (Lipinski definition) is 1. The predicted molar refractivity (Wildman–Crippen MR) is 74.7 cm³/mol. The van der Waals surface area contributed by atoms with E-state index in [0.29, 0.717) is 6.54 Å². The molecule has 1 saturated heterocycles. The average molecular weight is 280 g/mol. The molecule has 2 rings (SSSR count). The van der Waals surface area contributed by atoms with Crippen molar-refractivity contribution in [2.24, 2.45) is 11.8 Å². The van der Waals surface area contributed by atoms with E-state index in [1.54, 1.807) is 0 Å². The topological polar surface area (TPSA) is 66.5 Å². The number of carbonyl (C=O) groups excluding carboxylic acids is 3. The monoisotopic (exact) mass is 280 g/mol. The maximum Gasteiger partial charge on any atom is 0.233 e. The van der Waals surface area contributed by atoms with Crippen LogP contribution in [0.15, 0.2) is 0 Å². The highest BCUT2D eigenvalue weighted by Gasteiger charge is 2.47. The molecule has 2 aliphatic rings. The molecule has 1 aliphatic carbocycles. The van der Waals surface area contributed by atoms with Crippen LogP contribution in [-0.4, -0.2) is 35.7 Å². The van der Waals surface area contributed by atoms with Gasteiger partial charge in [-0.05, 0) is 19.3 Å². The molecular weight excluding hydrogens is 256 g/mol. The molecule has 0 aromatic rings. The standard InChI is InChI=1S/C15H24N2O3/c1-2-3-9-16-13(18)8-10-17-14(19)11-6-4-5-7-12(11)15(17)20/h11-12H,2-10H2,1H3,(H,16,18). The molecule has 5 nitrogen and oxygen atoms in total. The molecule has 20 heavy (non-hydrogen) atoms. The fourth-order valence-electron chi connectivity index (χ4n) is 3.16. The molecular formula is C15H24N2O3. The van der Waals surface area contributed by atoms with Crippen molar-refractivity contribution < 1.29 is 14.4 Å². The van der Waals surface area contributed by atoms with E-state index in [4.69, 9.17) is 0 Å². The van der Waals surface area contributed by atoms with Crippen LogP contribution in [0, 0.1) is 11.8 Å². The van der Waals surface area contributed by atoms with Crippen LogP contribution >= 0.6 is 0 Å². The smallest absolute Gasteiger partial charge is 0.233 e. The number of carbonyl (C=O) groups is 3. The summed E-state index contributed by atoms with van der Waals surface area (Å²) in [5.41, 5.74) is 0. The van der Waals surface area contributed by atoms with Crippen LogP contribution in [-0.2, 0) is 14.4 Å². The van der Waals surface area contributed by atoms with E-state index >= 15 is 0 Å². The van der Waals surface area contributed by atoms with Crippen molar-refractivity contribution in [3.63, 3.8) is 0 Å². The van der Waals surface area contributed by atoms with Gasteiger partial charge < -0.3 is 5.32 Å². The number of hydrogen-bond acceptors (Lipinski definition) is 3. The molecule has 2 atom stereocenters. The number of fused-ring (bicyclic) bond motifs is 1. The van der Waals surface area contributed by atoms with Crippen molar-refractivity contribution in [1.82, 2.24) is 10.2 Å². The lowest BCUT2D eigenvalue weighted by Crippen LogP contribution is -2.35. The Balaban J connectivity index is 1.82. The van der Waals surface area contributed by atoms with Crippen LogP contribution in [0.5, 0.6) is 0 Å². The van der Waals surface area contributed by atoms with E-state index in [0.717, 1.165) is 38.5 Å². The highest BCUT2D eigenvalue weighted by Crippen LogP contribution is 2.37. The Morgan fingerprint density at radius 1 is 1.20 bits per heavy atom. The third-order valence-corrected chi connectivity index (χ3v) is 4.35. The lowest BCUT2D eigenvalue weighted by molar-refractivity contribution is -0.140. The summed E-state index contributed by atoms with van der Waals surface area (Å²) >= 11 is 0. The van der Waals surface area contributed by atoms with Gasteiger partial charge in [-0.25, -0.2) is 0 Å². The fraction of sp³-hybridized carbons (Fsp3) is 0.800. The van der Waals surface area contributed by atoms with Crippen molar-refractivity contribution >= 4 is 17.7 Å². The summed E-state index contributed by atoms with van der Waals surface area (Å²) in [5, 5.41) is 2.81. The number of likely N-dealkylation sites (tertiary alicyclic amines) is 1. The van der Waals surface area contributed by atoms with E-state index in [1.807, 2.05) is 0 Å². The minimum Gasteiger partial charge on any atom is -0.356 e. The van der Waals surface area contributed by atoms with Crippen LogP contribution in [0.1, 0.15) is 51.9 Å². The molecule has 0 spiro atoms. The SMILES string of the molecule is CCCCNC(=O)CCN1C(=O)C2CCCCC2C1=O. The Labute approximate surface area is 120 Å². The molecule has 0 radical (unpaired) electrons. The van der Waals surface area contributed by atoms with E-state index in [-0.39, 0.29) is 42.5 Å². The second kappa shape index (κ2) is 6.86. The Bertz CT molecular complexity index is 371. The molecule has 2 unspecified atom stereocenters. The van der Waals surface area contributed by atoms with Gasteiger partial charge in [-0.1, -0.05) is 26.2 Å².